The van der Waals surface area contributed by atoms with Gasteiger partial charge in [-0.15, -0.1) is 0 Å². The second-order valence-corrected chi connectivity index (χ2v) is 9.87. The Hall–Kier alpha value is -2.89. The zero-order chi connectivity index (χ0) is 24.2. The molecule has 2 aromatic rings. The van der Waals surface area contributed by atoms with Crippen molar-refractivity contribution < 1.29 is 14.0 Å². The maximum absolute atomic E-state index is 13.5. The molecule has 0 heterocycles. The summed E-state index contributed by atoms with van der Waals surface area (Å²) in [6.07, 6.45) is 0. The van der Waals surface area contributed by atoms with Crippen LogP contribution in [0.1, 0.15) is 57.5 Å². The molecule has 2 rings (SSSR count). The molecule has 0 bridgehead atoms. The Morgan fingerprint density at radius 2 is 1.69 bits per heavy atom. The predicted molar refractivity (Wildman–Crippen MR) is 129 cm³/mol. The van der Waals surface area contributed by atoms with Crippen LogP contribution in [0.4, 0.5) is 15.8 Å². The first kappa shape index (κ1) is 25.4. The number of halogens is 1. The lowest BCUT2D eigenvalue weighted by Gasteiger charge is -2.37. The molecule has 5 nitrogen and oxygen atoms in total. The molecule has 1 N–H and O–H groups in total. The summed E-state index contributed by atoms with van der Waals surface area (Å²) in [4.78, 5) is 29.8. The van der Waals surface area contributed by atoms with E-state index >= 15 is 0 Å². The molecule has 1 unspecified atom stereocenters. The van der Waals surface area contributed by atoms with Crippen LogP contribution in [-0.2, 0) is 11.3 Å². The summed E-state index contributed by atoms with van der Waals surface area (Å²) in [6.45, 7) is 12.5. The fourth-order valence-corrected chi connectivity index (χ4v) is 3.43. The Kier molecular flexibility index (Phi) is 8.05. The van der Waals surface area contributed by atoms with Gasteiger partial charge >= 0.3 is 0 Å². The van der Waals surface area contributed by atoms with Crippen molar-refractivity contribution in [2.75, 3.05) is 24.3 Å². The zero-order valence-electron chi connectivity index (χ0n) is 20.5. The lowest BCUT2D eigenvalue weighted by Crippen LogP contribution is -2.46. The smallest absolute Gasteiger partial charge is 0.255 e. The molecule has 0 saturated carbocycles. The largest absolute Gasteiger partial charge is 0.377 e. The minimum atomic E-state index is -0.509. The van der Waals surface area contributed by atoms with Crippen LogP contribution in [0, 0.1) is 17.2 Å². The van der Waals surface area contributed by atoms with Crippen LogP contribution in [0.15, 0.2) is 42.5 Å². The molecule has 1 atom stereocenters. The van der Waals surface area contributed by atoms with Crippen molar-refractivity contribution in [1.82, 2.24) is 4.90 Å². The van der Waals surface area contributed by atoms with E-state index in [-0.39, 0.29) is 23.4 Å². The molecule has 0 aliphatic carbocycles. The molecule has 0 aliphatic heterocycles. The van der Waals surface area contributed by atoms with E-state index in [0.29, 0.717) is 18.2 Å². The molecular weight excluding hydrogens is 405 g/mol. The van der Waals surface area contributed by atoms with E-state index in [1.54, 1.807) is 6.07 Å². The molecular formula is C26H36FN3O2. The van der Waals surface area contributed by atoms with E-state index in [0.717, 1.165) is 11.3 Å². The van der Waals surface area contributed by atoms with Gasteiger partial charge in [0.05, 0.1) is 0 Å². The number of hydrogen-bond acceptors (Lipinski definition) is 3. The van der Waals surface area contributed by atoms with Crippen LogP contribution in [0.3, 0.4) is 0 Å². The third-order valence-electron chi connectivity index (χ3n) is 5.61. The van der Waals surface area contributed by atoms with Crippen LogP contribution < -0.4 is 10.2 Å². The van der Waals surface area contributed by atoms with Gasteiger partial charge in [-0.05, 0) is 54.8 Å². The van der Waals surface area contributed by atoms with Crippen molar-refractivity contribution in [2.45, 2.75) is 54.1 Å². The Labute approximate surface area is 191 Å². The van der Waals surface area contributed by atoms with Gasteiger partial charge in [-0.3, -0.25) is 9.59 Å². The number of nitrogens with zero attached hydrogens (tertiary/aromatic N) is 2. The number of carbonyl (C=O) groups is 2. The van der Waals surface area contributed by atoms with Crippen molar-refractivity contribution in [3.63, 3.8) is 0 Å². The number of nitrogens with one attached hydrogen (secondary N) is 1. The van der Waals surface area contributed by atoms with Crippen molar-refractivity contribution in [3.05, 3.63) is 59.4 Å². The average molecular weight is 442 g/mol. The number of amides is 2. The van der Waals surface area contributed by atoms with Crippen LogP contribution in [-0.4, -0.2) is 36.9 Å². The normalized spacial score (nSPS) is 12.4. The Bertz CT molecular complexity index is 964. The van der Waals surface area contributed by atoms with Gasteiger partial charge in [0.2, 0.25) is 5.91 Å². The summed E-state index contributed by atoms with van der Waals surface area (Å²) >= 11 is 0. The first-order valence-electron chi connectivity index (χ1n) is 11.0. The van der Waals surface area contributed by atoms with Gasteiger partial charge in [0.15, 0.2) is 0 Å². The third kappa shape index (κ3) is 6.31. The molecule has 2 amide bonds. The fraction of sp³-hybridized carbons (Fsp3) is 0.462. The minimum absolute atomic E-state index is 0.0438. The molecule has 0 radical (unpaired) electrons. The highest BCUT2D eigenvalue weighted by Gasteiger charge is 2.32. The number of benzene rings is 2. The van der Waals surface area contributed by atoms with Crippen LogP contribution >= 0.6 is 0 Å². The van der Waals surface area contributed by atoms with Gasteiger partial charge in [-0.25, -0.2) is 4.39 Å². The molecule has 174 valence electrons. The molecule has 2 aromatic carbocycles. The van der Waals surface area contributed by atoms with E-state index in [9.17, 15) is 14.0 Å². The highest BCUT2D eigenvalue weighted by Crippen LogP contribution is 2.29. The summed E-state index contributed by atoms with van der Waals surface area (Å²) in [6, 6.07) is 11.3. The van der Waals surface area contributed by atoms with Gasteiger partial charge in [0.25, 0.3) is 5.91 Å². The van der Waals surface area contributed by atoms with E-state index in [1.165, 1.54) is 18.2 Å². The molecule has 0 saturated heterocycles. The molecule has 0 spiro atoms. The Morgan fingerprint density at radius 1 is 1.03 bits per heavy atom. The van der Waals surface area contributed by atoms with Gasteiger partial charge in [0, 0.05) is 49.0 Å². The Morgan fingerprint density at radius 3 is 2.22 bits per heavy atom. The topological polar surface area (TPSA) is 52.7 Å². The van der Waals surface area contributed by atoms with Gasteiger partial charge in [0.1, 0.15) is 5.82 Å². The summed E-state index contributed by atoms with van der Waals surface area (Å²) < 4.78 is 13.5. The number of rotatable bonds is 7. The van der Waals surface area contributed by atoms with E-state index in [4.69, 9.17) is 0 Å². The first-order chi connectivity index (χ1) is 14.8. The van der Waals surface area contributed by atoms with Crippen LogP contribution in [0.2, 0.25) is 0 Å². The standard InChI is InChI=1S/C26H36FN3O2/c1-17(2)18(3)30(25(32)26(4,5)6)16-20-15-22(12-13-23(20)29(7)8)28-24(31)19-10-9-11-21(27)14-19/h9-15,17-18H,16H2,1-8H3,(H,28,31). The summed E-state index contributed by atoms with van der Waals surface area (Å²) in [5.74, 6) is -0.468. The van der Waals surface area contributed by atoms with Gasteiger partial charge in [-0.2, -0.15) is 0 Å². The summed E-state index contributed by atoms with van der Waals surface area (Å²) in [5, 5.41) is 2.85. The maximum atomic E-state index is 13.5. The lowest BCUT2D eigenvalue weighted by atomic mass is 9.92. The average Bonchev–Trinajstić information content (AvgIpc) is 2.70. The molecule has 0 aromatic heterocycles. The monoisotopic (exact) mass is 441 g/mol. The molecule has 0 aliphatic rings. The summed E-state index contributed by atoms with van der Waals surface area (Å²) in [5.41, 5.74) is 2.24. The van der Waals surface area contributed by atoms with Crippen LogP contribution in [0.5, 0.6) is 0 Å². The van der Waals surface area contributed by atoms with Gasteiger partial charge in [-0.1, -0.05) is 40.7 Å². The highest BCUT2D eigenvalue weighted by molar-refractivity contribution is 6.04. The highest BCUT2D eigenvalue weighted by atomic mass is 19.1. The second-order valence-electron chi connectivity index (χ2n) is 9.87. The minimum Gasteiger partial charge on any atom is -0.377 e. The zero-order valence-corrected chi connectivity index (χ0v) is 20.5. The van der Waals surface area contributed by atoms with Crippen LogP contribution in [0.25, 0.3) is 0 Å². The SMILES string of the molecule is CC(C)C(C)N(Cc1cc(NC(=O)c2cccc(F)c2)ccc1N(C)C)C(=O)C(C)(C)C. The Balaban J connectivity index is 2.41. The van der Waals surface area contributed by atoms with Crippen molar-refractivity contribution >= 4 is 23.2 Å². The first-order valence-corrected chi connectivity index (χ1v) is 11.0. The van der Waals surface area contributed by atoms with Crippen molar-refractivity contribution in [3.8, 4) is 0 Å². The summed E-state index contributed by atoms with van der Waals surface area (Å²) in [7, 11) is 3.90. The maximum Gasteiger partial charge on any atom is 0.255 e. The number of hydrogen-bond donors (Lipinski definition) is 1. The molecule has 32 heavy (non-hydrogen) atoms. The molecule has 0 fully saturated rings. The van der Waals surface area contributed by atoms with Gasteiger partial charge < -0.3 is 15.1 Å². The third-order valence-corrected chi connectivity index (χ3v) is 5.61. The van der Waals surface area contributed by atoms with Crippen molar-refractivity contribution in [2.24, 2.45) is 11.3 Å². The van der Waals surface area contributed by atoms with Crippen molar-refractivity contribution in [1.29, 1.82) is 0 Å². The lowest BCUT2D eigenvalue weighted by molar-refractivity contribution is -0.143. The van der Waals surface area contributed by atoms with E-state index < -0.39 is 11.2 Å². The fourth-order valence-electron chi connectivity index (χ4n) is 3.43. The molecule has 6 heteroatoms. The number of anilines is 2. The van der Waals surface area contributed by atoms with E-state index in [1.807, 2.05) is 62.9 Å². The number of carbonyl (C=O) groups excluding carboxylic acids is 2. The predicted octanol–water partition coefficient (Wildman–Crippen LogP) is 5.56. The second kappa shape index (κ2) is 10.2. The van der Waals surface area contributed by atoms with E-state index in [2.05, 4.69) is 26.1 Å². The quantitative estimate of drug-likeness (QED) is 0.612.